The van der Waals surface area contributed by atoms with Crippen molar-refractivity contribution < 1.29 is 17.9 Å². The Morgan fingerprint density at radius 1 is 1.43 bits per heavy atom. The highest BCUT2D eigenvalue weighted by Crippen LogP contribution is 2.15. The first-order valence-electron chi connectivity index (χ1n) is 6.20. The molecule has 0 spiro atoms. The van der Waals surface area contributed by atoms with Gasteiger partial charge in [-0.2, -0.15) is 0 Å². The zero-order valence-electron chi connectivity index (χ0n) is 11.5. The Hall–Kier alpha value is -1.19. The molecule has 9 heteroatoms. The molecular formula is C12H18ClN3O4S. The van der Waals surface area contributed by atoms with Crippen molar-refractivity contribution in [2.45, 2.75) is 11.0 Å². The summed E-state index contributed by atoms with van der Waals surface area (Å²) in [7, 11) is -2.19. The van der Waals surface area contributed by atoms with E-state index in [2.05, 4.69) is 15.4 Å². The third-order valence-corrected chi connectivity index (χ3v) is 4.31. The molecule has 1 saturated heterocycles. The summed E-state index contributed by atoms with van der Waals surface area (Å²) in [5.74, 6) is -0.295. The van der Waals surface area contributed by atoms with Gasteiger partial charge in [0.05, 0.1) is 11.5 Å². The summed E-state index contributed by atoms with van der Waals surface area (Å²) in [6, 6.07) is 6.06. The van der Waals surface area contributed by atoms with Crippen molar-refractivity contribution in [3.63, 3.8) is 0 Å². The third-order valence-electron chi connectivity index (χ3n) is 2.90. The van der Waals surface area contributed by atoms with E-state index in [9.17, 15) is 13.2 Å². The highest BCUT2D eigenvalue weighted by Gasteiger charge is 2.22. The van der Waals surface area contributed by atoms with E-state index in [-0.39, 0.29) is 23.2 Å². The number of hydrogen-bond donors (Lipinski definition) is 3. The van der Waals surface area contributed by atoms with Gasteiger partial charge < -0.3 is 15.4 Å². The van der Waals surface area contributed by atoms with Gasteiger partial charge in [-0.3, -0.25) is 4.79 Å². The van der Waals surface area contributed by atoms with Gasteiger partial charge in [-0.1, -0.05) is 6.07 Å². The second-order valence-corrected chi connectivity index (χ2v) is 6.17. The monoisotopic (exact) mass is 335 g/mol. The molecule has 1 aliphatic heterocycles. The molecule has 2 rings (SSSR count). The van der Waals surface area contributed by atoms with E-state index < -0.39 is 16.1 Å². The number of benzene rings is 1. The fraction of sp³-hybridized carbons (Fsp3) is 0.417. The van der Waals surface area contributed by atoms with E-state index in [1.807, 2.05) is 0 Å². The minimum absolute atomic E-state index is 0. The number of sulfonamides is 1. The molecule has 7 nitrogen and oxygen atoms in total. The summed E-state index contributed by atoms with van der Waals surface area (Å²) >= 11 is 0. The van der Waals surface area contributed by atoms with E-state index in [1.165, 1.54) is 19.2 Å². The Bertz CT molecular complexity index is 588. The van der Waals surface area contributed by atoms with E-state index in [0.29, 0.717) is 18.8 Å². The molecule has 0 aliphatic carbocycles. The number of ether oxygens (including phenoxy) is 1. The van der Waals surface area contributed by atoms with Crippen LogP contribution in [0.25, 0.3) is 0 Å². The Kier molecular flexibility index (Phi) is 6.56. The molecule has 1 unspecified atom stereocenters. The zero-order valence-corrected chi connectivity index (χ0v) is 13.1. The van der Waals surface area contributed by atoms with Gasteiger partial charge in [0.1, 0.15) is 6.10 Å². The number of carbonyl (C=O) groups is 1. The lowest BCUT2D eigenvalue weighted by molar-refractivity contribution is -0.128. The molecule has 3 N–H and O–H groups in total. The number of hydrogen-bond acceptors (Lipinski definition) is 5. The summed E-state index contributed by atoms with van der Waals surface area (Å²) in [5, 5.41) is 5.71. The van der Waals surface area contributed by atoms with Crippen LogP contribution in [0.5, 0.6) is 0 Å². The summed E-state index contributed by atoms with van der Waals surface area (Å²) in [6.45, 7) is 1.65. The number of anilines is 1. The highest BCUT2D eigenvalue weighted by molar-refractivity contribution is 7.89. The molecule has 1 aromatic carbocycles. The largest absolute Gasteiger partial charge is 0.366 e. The van der Waals surface area contributed by atoms with Gasteiger partial charge in [-0.25, -0.2) is 13.1 Å². The Morgan fingerprint density at radius 2 is 2.19 bits per heavy atom. The van der Waals surface area contributed by atoms with Gasteiger partial charge in [0.15, 0.2) is 0 Å². The van der Waals surface area contributed by atoms with Crippen molar-refractivity contribution in [2.75, 3.05) is 32.1 Å². The average molecular weight is 336 g/mol. The van der Waals surface area contributed by atoms with Crippen LogP contribution in [0.1, 0.15) is 0 Å². The molecule has 21 heavy (non-hydrogen) atoms. The second kappa shape index (κ2) is 7.71. The lowest BCUT2D eigenvalue weighted by Gasteiger charge is -2.22. The van der Waals surface area contributed by atoms with Crippen molar-refractivity contribution in [1.29, 1.82) is 0 Å². The van der Waals surface area contributed by atoms with Crippen molar-refractivity contribution in [2.24, 2.45) is 0 Å². The smallest absolute Gasteiger partial charge is 0.254 e. The molecule has 1 aliphatic rings. The fourth-order valence-corrected chi connectivity index (χ4v) is 2.59. The van der Waals surface area contributed by atoms with Crippen LogP contribution in [0.2, 0.25) is 0 Å². The summed E-state index contributed by atoms with van der Waals surface area (Å²) in [6.07, 6.45) is -0.562. The summed E-state index contributed by atoms with van der Waals surface area (Å²) in [4.78, 5) is 12.1. The van der Waals surface area contributed by atoms with Gasteiger partial charge >= 0.3 is 0 Å². The SMILES string of the molecule is CNS(=O)(=O)c1cccc(NC(=O)C2CNCCO2)c1.Cl. The molecule has 118 valence electrons. The highest BCUT2D eigenvalue weighted by atomic mass is 35.5. The molecule has 0 aromatic heterocycles. The second-order valence-electron chi connectivity index (χ2n) is 4.29. The number of carbonyl (C=O) groups excluding carboxylic acids is 1. The zero-order chi connectivity index (χ0) is 14.6. The van der Waals surface area contributed by atoms with Crippen molar-refractivity contribution in [1.82, 2.24) is 10.0 Å². The summed E-state index contributed by atoms with van der Waals surface area (Å²) in [5.41, 5.74) is 0.417. The number of rotatable bonds is 4. The molecule has 0 radical (unpaired) electrons. The van der Waals surface area contributed by atoms with Gasteiger partial charge in [0, 0.05) is 18.8 Å². The van der Waals surface area contributed by atoms with E-state index in [0.717, 1.165) is 6.54 Å². The minimum atomic E-state index is -3.53. The fourth-order valence-electron chi connectivity index (χ4n) is 1.82. The van der Waals surface area contributed by atoms with Crippen molar-refractivity contribution in [3.05, 3.63) is 24.3 Å². The molecular weight excluding hydrogens is 318 g/mol. The number of amides is 1. The molecule has 0 saturated carbocycles. The number of morpholine rings is 1. The standard InChI is InChI=1S/C12H17N3O4S.ClH/c1-13-20(17,18)10-4-2-3-9(7-10)15-12(16)11-8-14-5-6-19-11;/h2-4,7,11,13-14H,5-6,8H2,1H3,(H,15,16);1H. The van der Waals surface area contributed by atoms with Crippen LogP contribution in [-0.4, -0.2) is 47.2 Å². The van der Waals surface area contributed by atoms with Gasteiger partial charge in [-0.05, 0) is 25.2 Å². The third kappa shape index (κ3) is 4.65. The Balaban J connectivity index is 0.00000220. The van der Waals surface area contributed by atoms with Gasteiger partial charge in [0.25, 0.3) is 5.91 Å². The van der Waals surface area contributed by atoms with Crippen LogP contribution >= 0.6 is 12.4 Å². The molecule has 1 heterocycles. The lowest BCUT2D eigenvalue weighted by atomic mass is 10.2. The average Bonchev–Trinajstić information content (AvgIpc) is 2.48. The van der Waals surface area contributed by atoms with Crippen molar-refractivity contribution >= 4 is 34.0 Å². The molecule has 1 amide bonds. The van der Waals surface area contributed by atoms with Crippen LogP contribution in [0.3, 0.4) is 0 Å². The van der Waals surface area contributed by atoms with Crippen LogP contribution in [0.4, 0.5) is 5.69 Å². The minimum Gasteiger partial charge on any atom is -0.366 e. The molecule has 1 aromatic rings. The van der Waals surface area contributed by atoms with E-state index in [4.69, 9.17) is 4.74 Å². The maximum absolute atomic E-state index is 12.0. The topological polar surface area (TPSA) is 96.5 Å². The number of halogens is 1. The molecule has 1 fully saturated rings. The van der Waals surface area contributed by atoms with Gasteiger partial charge in [0.2, 0.25) is 10.0 Å². The first-order chi connectivity index (χ1) is 9.53. The first-order valence-corrected chi connectivity index (χ1v) is 7.68. The Labute approximate surface area is 129 Å². The van der Waals surface area contributed by atoms with Crippen molar-refractivity contribution in [3.8, 4) is 0 Å². The van der Waals surface area contributed by atoms with Gasteiger partial charge in [-0.15, -0.1) is 12.4 Å². The predicted molar refractivity (Wildman–Crippen MR) is 81.2 cm³/mol. The number of nitrogens with one attached hydrogen (secondary N) is 3. The first kappa shape index (κ1) is 17.9. The van der Waals surface area contributed by atoms with Crippen LogP contribution in [0.15, 0.2) is 29.2 Å². The Morgan fingerprint density at radius 3 is 2.81 bits per heavy atom. The van der Waals surface area contributed by atoms with E-state index >= 15 is 0 Å². The van der Waals surface area contributed by atoms with Crippen LogP contribution in [-0.2, 0) is 19.6 Å². The molecule has 0 bridgehead atoms. The summed E-state index contributed by atoms with van der Waals surface area (Å²) < 4.78 is 30.9. The molecule has 1 atom stereocenters. The normalized spacial score (nSPS) is 18.6. The quantitative estimate of drug-likeness (QED) is 0.716. The van der Waals surface area contributed by atoms with Crippen LogP contribution in [0, 0.1) is 0 Å². The maximum atomic E-state index is 12.0. The predicted octanol–water partition coefficient (Wildman–Crippen LogP) is -0.0566. The lowest BCUT2D eigenvalue weighted by Crippen LogP contribution is -2.45. The van der Waals surface area contributed by atoms with Crippen LogP contribution < -0.4 is 15.4 Å². The van der Waals surface area contributed by atoms with E-state index in [1.54, 1.807) is 12.1 Å². The maximum Gasteiger partial charge on any atom is 0.254 e.